The molecule has 0 aromatic carbocycles. The Bertz CT molecular complexity index is 262. The molecule has 0 aromatic rings. The highest BCUT2D eigenvalue weighted by molar-refractivity contribution is 5.77. The molecule has 0 amide bonds. The van der Waals surface area contributed by atoms with Gasteiger partial charge in [-0.15, -0.1) is 0 Å². The third-order valence-electron chi connectivity index (χ3n) is 3.13. The van der Waals surface area contributed by atoms with E-state index in [0.29, 0.717) is 19.6 Å². The van der Waals surface area contributed by atoms with Crippen molar-refractivity contribution in [3.63, 3.8) is 0 Å². The van der Waals surface area contributed by atoms with E-state index < -0.39 is 0 Å². The molecular weight excluding hydrogens is 220 g/mol. The Balaban J connectivity index is 2.29. The second-order valence-corrected chi connectivity index (χ2v) is 4.48. The average molecular weight is 242 g/mol. The first-order valence-electron chi connectivity index (χ1n) is 6.52. The Morgan fingerprint density at radius 1 is 1.06 bits per heavy atom. The van der Waals surface area contributed by atoms with Gasteiger partial charge in [0.15, 0.2) is 0 Å². The molecule has 0 bridgehead atoms. The first-order chi connectivity index (χ1) is 8.19. The van der Waals surface area contributed by atoms with Gasteiger partial charge in [-0.25, -0.2) is 0 Å². The van der Waals surface area contributed by atoms with E-state index >= 15 is 0 Å². The standard InChI is InChI=1S/C13H22O4/c1-3-5-8-17-13(15)11-7-6-10(9-11)12(14)16-4-2/h10-11H,3-9H2,1-2H3. The molecular formula is C13H22O4. The zero-order valence-corrected chi connectivity index (χ0v) is 10.7. The smallest absolute Gasteiger partial charge is 0.308 e. The first kappa shape index (κ1) is 14.0. The number of carbonyl (C=O) groups is 2. The molecule has 2 unspecified atom stereocenters. The van der Waals surface area contributed by atoms with Crippen molar-refractivity contribution < 1.29 is 19.1 Å². The minimum absolute atomic E-state index is 0.110. The molecule has 0 N–H and O–H groups in total. The summed E-state index contributed by atoms with van der Waals surface area (Å²) in [6.45, 7) is 4.75. The van der Waals surface area contributed by atoms with Crippen molar-refractivity contribution in [1.29, 1.82) is 0 Å². The van der Waals surface area contributed by atoms with Crippen LogP contribution in [0.25, 0.3) is 0 Å². The highest BCUT2D eigenvalue weighted by atomic mass is 16.5. The lowest BCUT2D eigenvalue weighted by Gasteiger charge is -2.10. The van der Waals surface area contributed by atoms with Crippen molar-refractivity contribution in [2.75, 3.05) is 13.2 Å². The van der Waals surface area contributed by atoms with Crippen LogP contribution in [0, 0.1) is 11.8 Å². The first-order valence-corrected chi connectivity index (χ1v) is 6.52. The number of ether oxygens (including phenoxy) is 2. The Hall–Kier alpha value is -1.06. The largest absolute Gasteiger partial charge is 0.466 e. The monoisotopic (exact) mass is 242 g/mol. The van der Waals surface area contributed by atoms with E-state index in [1.165, 1.54) is 0 Å². The molecule has 17 heavy (non-hydrogen) atoms. The second kappa shape index (κ2) is 7.30. The Morgan fingerprint density at radius 3 is 2.18 bits per heavy atom. The molecule has 1 saturated carbocycles. The SMILES string of the molecule is CCCCOC(=O)C1CCC(C(=O)OCC)C1. The summed E-state index contributed by atoms with van der Waals surface area (Å²) >= 11 is 0. The van der Waals surface area contributed by atoms with E-state index in [4.69, 9.17) is 9.47 Å². The fourth-order valence-electron chi connectivity index (χ4n) is 2.10. The van der Waals surface area contributed by atoms with E-state index in [0.717, 1.165) is 25.7 Å². The van der Waals surface area contributed by atoms with E-state index in [2.05, 4.69) is 6.92 Å². The molecule has 1 rings (SSSR count). The molecule has 4 heteroatoms. The van der Waals surface area contributed by atoms with Crippen LogP contribution in [-0.2, 0) is 19.1 Å². The highest BCUT2D eigenvalue weighted by Gasteiger charge is 2.35. The number of hydrogen-bond acceptors (Lipinski definition) is 4. The van der Waals surface area contributed by atoms with Crippen molar-refractivity contribution in [3.05, 3.63) is 0 Å². The summed E-state index contributed by atoms with van der Waals surface area (Å²) in [6, 6.07) is 0. The van der Waals surface area contributed by atoms with Gasteiger partial charge in [0, 0.05) is 0 Å². The van der Waals surface area contributed by atoms with E-state index in [1.54, 1.807) is 6.92 Å². The minimum atomic E-state index is -0.170. The fourth-order valence-corrected chi connectivity index (χ4v) is 2.10. The molecule has 98 valence electrons. The topological polar surface area (TPSA) is 52.6 Å². The van der Waals surface area contributed by atoms with Crippen LogP contribution >= 0.6 is 0 Å². The summed E-state index contributed by atoms with van der Waals surface area (Å²) in [5.41, 5.74) is 0. The van der Waals surface area contributed by atoms with Crippen LogP contribution in [0.1, 0.15) is 46.0 Å². The van der Waals surface area contributed by atoms with Gasteiger partial charge in [0.05, 0.1) is 25.0 Å². The molecule has 1 fully saturated rings. The minimum Gasteiger partial charge on any atom is -0.466 e. The zero-order valence-electron chi connectivity index (χ0n) is 10.7. The molecule has 4 nitrogen and oxygen atoms in total. The van der Waals surface area contributed by atoms with Gasteiger partial charge in [-0.1, -0.05) is 13.3 Å². The van der Waals surface area contributed by atoms with Gasteiger partial charge in [0.1, 0.15) is 0 Å². The maximum atomic E-state index is 11.7. The highest BCUT2D eigenvalue weighted by Crippen LogP contribution is 2.32. The fraction of sp³-hybridized carbons (Fsp3) is 0.846. The molecule has 0 aromatic heterocycles. The van der Waals surface area contributed by atoms with Crippen molar-refractivity contribution in [1.82, 2.24) is 0 Å². The van der Waals surface area contributed by atoms with E-state index in [9.17, 15) is 9.59 Å². The number of unbranched alkanes of at least 4 members (excludes halogenated alkanes) is 1. The van der Waals surface area contributed by atoms with E-state index in [1.807, 2.05) is 0 Å². The van der Waals surface area contributed by atoms with Crippen molar-refractivity contribution >= 4 is 11.9 Å². The summed E-state index contributed by atoms with van der Waals surface area (Å²) in [6.07, 6.45) is 3.99. The molecule has 1 aliphatic rings. The number of hydrogen-bond donors (Lipinski definition) is 0. The molecule has 0 heterocycles. The van der Waals surface area contributed by atoms with Crippen molar-refractivity contribution in [3.8, 4) is 0 Å². The summed E-state index contributed by atoms with van der Waals surface area (Å²) in [7, 11) is 0. The number of rotatable bonds is 6. The number of esters is 2. The molecule has 2 atom stereocenters. The Labute approximate surface area is 103 Å². The quantitative estimate of drug-likeness (QED) is 0.530. The molecule has 0 radical (unpaired) electrons. The normalized spacial score (nSPS) is 23.4. The third kappa shape index (κ3) is 4.36. The zero-order chi connectivity index (χ0) is 12.7. The van der Waals surface area contributed by atoms with Gasteiger partial charge in [-0.3, -0.25) is 9.59 Å². The van der Waals surface area contributed by atoms with Gasteiger partial charge < -0.3 is 9.47 Å². The van der Waals surface area contributed by atoms with Gasteiger partial charge in [0.25, 0.3) is 0 Å². The maximum Gasteiger partial charge on any atom is 0.308 e. The lowest BCUT2D eigenvalue weighted by Crippen LogP contribution is -2.19. The van der Waals surface area contributed by atoms with Crippen LogP contribution in [0.4, 0.5) is 0 Å². The molecule has 0 spiro atoms. The predicted octanol–water partition coefficient (Wildman–Crippen LogP) is 2.31. The van der Waals surface area contributed by atoms with Gasteiger partial charge in [-0.2, -0.15) is 0 Å². The summed E-state index contributed by atoms with van der Waals surface area (Å²) < 4.78 is 10.1. The van der Waals surface area contributed by atoms with Crippen LogP contribution in [0.5, 0.6) is 0 Å². The van der Waals surface area contributed by atoms with Crippen LogP contribution in [-0.4, -0.2) is 25.2 Å². The Morgan fingerprint density at radius 2 is 1.65 bits per heavy atom. The van der Waals surface area contributed by atoms with Crippen LogP contribution in [0.3, 0.4) is 0 Å². The predicted molar refractivity (Wildman–Crippen MR) is 63.3 cm³/mol. The summed E-state index contributed by atoms with van der Waals surface area (Å²) in [4.78, 5) is 23.2. The average Bonchev–Trinajstić information content (AvgIpc) is 2.79. The van der Waals surface area contributed by atoms with Gasteiger partial charge in [-0.05, 0) is 32.6 Å². The van der Waals surface area contributed by atoms with E-state index in [-0.39, 0.29) is 23.8 Å². The second-order valence-electron chi connectivity index (χ2n) is 4.48. The van der Waals surface area contributed by atoms with Crippen molar-refractivity contribution in [2.45, 2.75) is 46.0 Å². The third-order valence-corrected chi connectivity index (χ3v) is 3.13. The lowest BCUT2D eigenvalue weighted by molar-refractivity contribution is -0.149. The Kier molecular flexibility index (Phi) is 6.01. The molecule has 0 saturated heterocycles. The molecule has 1 aliphatic carbocycles. The van der Waals surface area contributed by atoms with Gasteiger partial charge >= 0.3 is 11.9 Å². The lowest BCUT2D eigenvalue weighted by atomic mass is 10.1. The number of carbonyl (C=O) groups excluding carboxylic acids is 2. The summed E-state index contributed by atoms with van der Waals surface area (Å²) in [5, 5.41) is 0. The van der Waals surface area contributed by atoms with Gasteiger partial charge in [0.2, 0.25) is 0 Å². The maximum absolute atomic E-state index is 11.7. The van der Waals surface area contributed by atoms with Crippen LogP contribution in [0.2, 0.25) is 0 Å². The van der Waals surface area contributed by atoms with Crippen LogP contribution < -0.4 is 0 Å². The summed E-state index contributed by atoms with van der Waals surface area (Å²) in [5.74, 6) is -0.540. The molecule has 0 aliphatic heterocycles. The van der Waals surface area contributed by atoms with Crippen molar-refractivity contribution in [2.24, 2.45) is 11.8 Å². The van der Waals surface area contributed by atoms with Crippen LogP contribution in [0.15, 0.2) is 0 Å².